The number of hydrogen-bond acceptors (Lipinski definition) is 3. The van der Waals surface area contributed by atoms with Gasteiger partial charge in [0, 0.05) is 17.1 Å². The Balaban J connectivity index is 4.26. The van der Waals surface area contributed by atoms with Crippen LogP contribution >= 0.6 is 11.8 Å². The molecule has 0 aromatic rings. The molecule has 4 heteroatoms. The van der Waals surface area contributed by atoms with Crippen molar-refractivity contribution in [3.05, 3.63) is 0 Å². The molecule has 0 bridgehead atoms. The zero-order valence-electron chi connectivity index (χ0n) is 11.7. The van der Waals surface area contributed by atoms with E-state index in [4.69, 9.17) is 4.74 Å². The molecule has 0 heterocycles. The van der Waals surface area contributed by atoms with Crippen LogP contribution in [-0.2, 0) is 9.53 Å². The highest BCUT2D eigenvalue weighted by Gasteiger charge is 2.37. The lowest BCUT2D eigenvalue weighted by atomic mass is 9.79. The summed E-state index contributed by atoms with van der Waals surface area (Å²) in [5.74, 6) is 0.221. The molecule has 1 atom stereocenters. The Morgan fingerprint density at radius 2 is 1.88 bits per heavy atom. The minimum atomic E-state index is -0.696. The molecule has 0 amide bonds. The number of rotatable bonds is 9. The van der Waals surface area contributed by atoms with Gasteiger partial charge < -0.3 is 9.84 Å². The van der Waals surface area contributed by atoms with E-state index in [1.807, 2.05) is 20.8 Å². The van der Waals surface area contributed by atoms with Gasteiger partial charge in [0.15, 0.2) is 0 Å². The zero-order chi connectivity index (χ0) is 13.5. The molecular formula is C13H26O3S. The molecule has 0 rings (SSSR count). The van der Waals surface area contributed by atoms with Crippen molar-refractivity contribution < 1.29 is 14.6 Å². The summed E-state index contributed by atoms with van der Waals surface area (Å²) >= 11 is 1.79. The van der Waals surface area contributed by atoms with Gasteiger partial charge in [-0.3, -0.25) is 4.79 Å². The summed E-state index contributed by atoms with van der Waals surface area (Å²) in [5.41, 5.74) is -0.623. The summed E-state index contributed by atoms with van der Waals surface area (Å²) in [6, 6.07) is 0. The molecule has 0 aromatic heterocycles. The number of aliphatic carboxylic acids is 1. The second kappa shape index (κ2) is 7.27. The van der Waals surface area contributed by atoms with Crippen molar-refractivity contribution in [2.24, 2.45) is 5.41 Å². The van der Waals surface area contributed by atoms with E-state index in [0.29, 0.717) is 12.8 Å². The fraction of sp³-hybridized carbons (Fsp3) is 0.923. The summed E-state index contributed by atoms with van der Waals surface area (Å²) in [7, 11) is 0. The van der Waals surface area contributed by atoms with Gasteiger partial charge in [-0.05, 0) is 26.7 Å². The minimum Gasteiger partial charge on any atom is -0.481 e. The van der Waals surface area contributed by atoms with Crippen LogP contribution in [0.3, 0.4) is 0 Å². The fourth-order valence-corrected chi connectivity index (χ4v) is 3.04. The maximum absolute atomic E-state index is 11.3. The molecule has 0 saturated heterocycles. The van der Waals surface area contributed by atoms with Gasteiger partial charge in [0.2, 0.25) is 0 Å². The molecule has 0 aliphatic carbocycles. The van der Waals surface area contributed by atoms with Crippen LogP contribution in [0.15, 0.2) is 0 Å². The van der Waals surface area contributed by atoms with E-state index in [-0.39, 0.29) is 4.75 Å². The third-order valence-electron chi connectivity index (χ3n) is 3.04. The predicted octanol–water partition coefficient (Wildman–Crippen LogP) is 3.43. The fourth-order valence-electron chi connectivity index (χ4n) is 1.86. The van der Waals surface area contributed by atoms with E-state index in [9.17, 15) is 9.90 Å². The number of carboxylic acids is 1. The van der Waals surface area contributed by atoms with E-state index in [1.165, 1.54) is 0 Å². The first-order valence-corrected chi connectivity index (χ1v) is 7.21. The van der Waals surface area contributed by atoms with Gasteiger partial charge in [-0.25, -0.2) is 0 Å². The molecule has 0 saturated carbocycles. The van der Waals surface area contributed by atoms with Crippen LogP contribution in [0.4, 0.5) is 0 Å². The summed E-state index contributed by atoms with van der Waals surface area (Å²) in [5, 5.41) is 9.27. The maximum atomic E-state index is 11.3. The Morgan fingerprint density at radius 1 is 1.29 bits per heavy atom. The first-order chi connectivity index (χ1) is 7.77. The SMILES string of the molecule is CCOCCSC(C)(C)CC(C)(CC)C(=O)O. The van der Waals surface area contributed by atoms with Crippen molar-refractivity contribution in [2.75, 3.05) is 19.0 Å². The molecule has 1 unspecified atom stereocenters. The Kier molecular flexibility index (Phi) is 7.17. The summed E-state index contributed by atoms with van der Waals surface area (Å²) in [6.45, 7) is 11.5. The lowest BCUT2D eigenvalue weighted by Gasteiger charge is -2.33. The van der Waals surface area contributed by atoms with Gasteiger partial charge in [0.1, 0.15) is 0 Å². The van der Waals surface area contributed by atoms with Crippen molar-refractivity contribution in [3.8, 4) is 0 Å². The van der Waals surface area contributed by atoms with Crippen LogP contribution in [0, 0.1) is 5.41 Å². The topological polar surface area (TPSA) is 46.5 Å². The van der Waals surface area contributed by atoms with Crippen LogP contribution < -0.4 is 0 Å². The highest BCUT2D eigenvalue weighted by atomic mass is 32.2. The van der Waals surface area contributed by atoms with E-state index < -0.39 is 11.4 Å². The van der Waals surface area contributed by atoms with Crippen LogP contribution in [0.2, 0.25) is 0 Å². The average Bonchev–Trinajstić information content (AvgIpc) is 2.23. The lowest BCUT2D eigenvalue weighted by molar-refractivity contribution is -0.148. The Hall–Kier alpha value is -0.220. The molecule has 0 radical (unpaired) electrons. The van der Waals surface area contributed by atoms with Gasteiger partial charge >= 0.3 is 5.97 Å². The molecule has 102 valence electrons. The minimum absolute atomic E-state index is 0.0275. The number of ether oxygens (including phenoxy) is 1. The second-order valence-corrected chi connectivity index (χ2v) is 7.00. The van der Waals surface area contributed by atoms with Gasteiger partial charge in [-0.2, -0.15) is 11.8 Å². The molecule has 0 aliphatic rings. The van der Waals surface area contributed by atoms with E-state index in [2.05, 4.69) is 13.8 Å². The lowest BCUT2D eigenvalue weighted by Crippen LogP contribution is -2.34. The largest absolute Gasteiger partial charge is 0.481 e. The van der Waals surface area contributed by atoms with E-state index in [0.717, 1.165) is 19.0 Å². The van der Waals surface area contributed by atoms with Crippen LogP contribution in [0.1, 0.15) is 47.5 Å². The number of carbonyl (C=O) groups is 1. The average molecular weight is 262 g/mol. The van der Waals surface area contributed by atoms with Crippen molar-refractivity contribution in [1.29, 1.82) is 0 Å². The standard InChI is InChI=1S/C13H26O3S/c1-6-13(5,11(14)15)10-12(3,4)17-9-8-16-7-2/h6-10H2,1-5H3,(H,14,15). The van der Waals surface area contributed by atoms with Gasteiger partial charge in [-0.15, -0.1) is 0 Å². The quantitative estimate of drug-likeness (QED) is 0.647. The number of thioether (sulfide) groups is 1. The summed E-state index contributed by atoms with van der Waals surface area (Å²) < 4.78 is 5.27. The highest BCUT2D eigenvalue weighted by Crippen LogP contribution is 2.39. The Labute approximate surface area is 109 Å². The zero-order valence-corrected chi connectivity index (χ0v) is 12.5. The Bertz CT molecular complexity index is 241. The molecular weight excluding hydrogens is 236 g/mol. The van der Waals surface area contributed by atoms with Crippen molar-refractivity contribution >= 4 is 17.7 Å². The summed E-state index contributed by atoms with van der Waals surface area (Å²) in [4.78, 5) is 11.3. The van der Waals surface area contributed by atoms with Crippen molar-refractivity contribution in [3.63, 3.8) is 0 Å². The van der Waals surface area contributed by atoms with E-state index in [1.54, 1.807) is 11.8 Å². The molecule has 0 spiro atoms. The monoisotopic (exact) mass is 262 g/mol. The number of carboxylic acid groups (broad SMARTS) is 1. The number of hydrogen-bond donors (Lipinski definition) is 1. The van der Waals surface area contributed by atoms with Gasteiger partial charge in [0.05, 0.1) is 12.0 Å². The predicted molar refractivity (Wildman–Crippen MR) is 73.7 cm³/mol. The van der Waals surface area contributed by atoms with Crippen LogP contribution in [-0.4, -0.2) is 34.8 Å². The third kappa shape index (κ3) is 6.32. The first kappa shape index (κ1) is 16.8. The van der Waals surface area contributed by atoms with Crippen molar-refractivity contribution in [2.45, 2.75) is 52.2 Å². The highest BCUT2D eigenvalue weighted by molar-refractivity contribution is 8.00. The molecule has 0 aliphatic heterocycles. The molecule has 17 heavy (non-hydrogen) atoms. The van der Waals surface area contributed by atoms with Gasteiger partial charge in [-0.1, -0.05) is 20.8 Å². The van der Waals surface area contributed by atoms with Crippen molar-refractivity contribution in [1.82, 2.24) is 0 Å². The van der Waals surface area contributed by atoms with Crippen LogP contribution in [0.25, 0.3) is 0 Å². The molecule has 1 N–H and O–H groups in total. The summed E-state index contributed by atoms with van der Waals surface area (Å²) in [6.07, 6.45) is 1.35. The smallest absolute Gasteiger partial charge is 0.309 e. The van der Waals surface area contributed by atoms with Gasteiger partial charge in [0.25, 0.3) is 0 Å². The molecule has 0 fully saturated rings. The third-order valence-corrected chi connectivity index (χ3v) is 4.33. The first-order valence-electron chi connectivity index (χ1n) is 6.22. The maximum Gasteiger partial charge on any atom is 0.309 e. The Morgan fingerprint density at radius 3 is 2.29 bits per heavy atom. The second-order valence-electron chi connectivity index (χ2n) is 5.20. The normalized spacial score (nSPS) is 15.6. The van der Waals surface area contributed by atoms with E-state index >= 15 is 0 Å². The molecule has 3 nitrogen and oxygen atoms in total. The molecule has 0 aromatic carbocycles. The van der Waals surface area contributed by atoms with Crippen LogP contribution in [0.5, 0.6) is 0 Å².